The molecule has 0 heterocycles. The van der Waals surface area contributed by atoms with Crippen LogP contribution in [0.15, 0.2) is 24.3 Å². The lowest BCUT2D eigenvalue weighted by Gasteiger charge is -2.02. The summed E-state index contributed by atoms with van der Waals surface area (Å²) in [5.41, 5.74) is 1.36. The first-order valence-electron chi connectivity index (χ1n) is 4.72. The fourth-order valence-electron chi connectivity index (χ4n) is 2.17. The fraction of sp³-hybridized carbons (Fsp3) is 0.417. The minimum atomic E-state index is 0.128. The number of hydrogen-bond acceptors (Lipinski definition) is 1. The van der Waals surface area contributed by atoms with Gasteiger partial charge in [0.1, 0.15) is 0 Å². The smallest absolute Gasteiger partial charge is 0.0668 e. The molecule has 2 heteroatoms. The van der Waals surface area contributed by atoms with Crippen LogP contribution in [-0.2, 0) is 0 Å². The third-order valence-electron chi connectivity index (χ3n) is 3.20. The second kappa shape index (κ2) is 3.00. The molecule has 1 fully saturated rings. The number of rotatable bonds is 1. The maximum absolute atomic E-state index is 8.95. The highest BCUT2D eigenvalue weighted by molar-refractivity contribution is 6.30. The van der Waals surface area contributed by atoms with Gasteiger partial charge in [-0.3, -0.25) is 0 Å². The molecule has 1 nitrogen and oxygen atoms in total. The van der Waals surface area contributed by atoms with E-state index in [1.807, 2.05) is 24.3 Å². The normalized spacial score (nSPS) is 28.1. The van der Waals surface area contributed by atoms with E-state index < -0.39 is 0 Å². The van der Waals surface area contributed by atoms with E-state index in [0.29, 0.717) is 5.92 Å². The summed E-state index contributed by atoms with van der Waals surface area (Å²) in [5, 5.41) is 9.70. The topological polar surface area (TPSA) is 23.8 Å². The zero-order chi connectivity index (χ0) is 10.3. The first kappa shape index (κ1) is 9.55. The lowest BCUT2D eigenvalue weighted by molar-refractivity contribution is 0.596. The van der Waals surface area contributed by atoms with Gasteiger partial charge in [-0.15, -0.1) is 0 Å². The van der Waals surface area contributed by atoms with Crippen LogP contribution in [0.3, 0.4) is 0 Å². The Balaban J connectivity index is 2.28. The largest absolute Gasteiger partial charge is 0.198 e. The summed E-state index contributed by atoms with van der Waals surface area (Å²) in [4.78, 5) is 0. The fourth-order valence-corrected chi connectivity index (χ4v) is 2.30. The third kappa shape index (κ3) is 1.31. The van der Waals surface area contributed by atoms with Gasteiger partial charge in [-0.2, -0.15) is 5.26 Å². The Hall–Kier alpha value is -1.00. The Kier molecular flexibility index (Phi) is 2.05. The third-order valence-corrected chi connectivity index (χ3v) is 3.45. The van der Waals surface area contributed by atoms with Crippen molar-refractivity contribution < 1.29 is 0 Å². The second-order valence-electron chi connectivity index (χ2n) is 4.46. The molecule has 0 unspecified atom stereocenters. The summed E-state index contributed by atoms with van der Waals surface area (Å²) in [5.74, 6) is 0.536. The Morgan fingerprint density at radius 1 is 1.29 bits per heavy atom. The predicted octanol–water partition coefficient (Wildman–Crippen LogP) is 3.60. The van der Waals surface area contributed by atoms with Crippen LogP contribution < -0.4 is 0 Å². The summed E-state index contributed by atoms with van der Waals surface area (Å²) in [7, 11) is 0. The number of benzene rings is 1. The number of nitriles is 1. The van der Waals surface area contributed by atoms with Crippen molar-refractivity contribution >= 4 is 11.6 Å². The number of nitrogens with zero attached hydrogens (tertiary/aromatic N) is 1. The van der Waals surface area contributed by atoms with E-state index in [9.17, 15) is 0 Å². The van der Waals surface area contributed by atoms with Crippen LogP contribution in [-0.4, -0.2) is 0 Å². The first-order valence-corrected chi connectivity index (χ1v) is 5.10. The summed E-state index contributed by atoms with van der Waals surface area (Å²) in [6.45, 7) is 4.28. The maximum atomic E-state index is 8.95. The molecule has 0 bridgehead atoms. The summed E-state index contributed by atoms with van der Waals surface area (Å²) in [6.07, 6.45) is 0. The van der Waals surface area contributed by atoms with E-state index in [-0.39, 0.29) is 11.3 Å². The van der Waals surface area contributed by atoms with E-state index in [1.54, 1.807) is 0 Å². The first-order chi connectivity index (χ1) is 6.57. The zero-order valence-corrected chi connectivity index (χ0v) is 9.05. The molecule has 1 saturated carbocycles. The van der Waals surface area contributed by atoms with Crippen molar-refractivity contribution in [2.75, 3.05) is 0 Å². The molecular weight excluding hydrogens is 194 g/mol. The van der Waals surface area contributed by atoms with Gasteiger partial charge in [-0.1, -0.05) is 37.6 Å². The van der Waals surface area contributed by atoms with E-state index in [4.69, 9.17) is 16.9 Å². The molecule has 1 aromatic carbocycles. The van der Waals surface area contributed by atoms with Crippen molar-refractivity contribution in [2.45, 2.75) is 19.8 Å². The lowest BCUT2D eigenvalue weighted by Crippen LogP contribution is -1.89. The van der Waals surface area contributed by atoms with E-state index in [0.717, 1.165) is 5.02 Å². The van der Waals surface area contributed by atoms with Gasteiger partial charge in [0.25, 0.3) is 0 Å². The van der Waals surface area contributed by atoms with Crippen molar-refractivity contribution in [2.24, 2.45) is 11.3 Å². The monoisotopic (exact) mass is 205 g/mol. The summed E-state index contributed by atoms with van der Waals surface area (Å²) in [6, 6.07) is 10.2. The van der Waals surface area contributed by atoms with Gasteiger partial charge in [0.05, 0.1) is 12.0 Å². The minimum absolute atomic E-state index is 0.128. The second-order valence-corrected chi connectivity index (χ2v) is 4.89. The summed E-state index contributed by atoms with van der Waals surface area (Å²) < 4.78 is 0. The highest BCUT2D eigenvalue weighted by Crippen LogP contribution is 2.63. The average Bonchev–Trinajstić information content (AvgIpc) is 2.69. The van der Waals surface area contributed by atoms with Crippen LogP contribution >= 0.6 is 11.6 Å². The van der Waals surface area contributed by atoms with Gasteiger partial charge in [0, 0.05) is 10.9 Å². The van der Waals surface area contributed by atoms with Gasteiger partial charge in [0.2, 0.25) is 0 Å². The molecule has 0 saturated heterocycles. The molecule has 72 valence electrons. The Labute approximate surface area is 89.3 Å². The van der Waals surface area contributed by atoms with Crippen LogP contribution in [0, 0.1) is 22.7 Å². The van der Waals surface area contributed by atoms with Crippen LogP contribution in [0.4, 0.5) is 0 Å². The van der Waals surface area contributed by atoms with Crippen molar-refractivity contribution in [1.29, 1.82) is 5.26 Å². The van der Waals surface area contributed by atoms with Crippen molar-refractivity contribution in [3.8, 4) is 6.07 Å². The minimum Gasteiger partial charge on any atom is -0.198 e. The van der Waals surface area contributed by atoms with Gasteiger partial charge in [-0.25, -0.2) is 0 Å². The number of halogens is 1. The molecule has 1 aromatic rings. The van der Waals surface area contributed by atoms with Gasteiger partial charge < -0.3 is 0 Å². The number of hydrogen-bond donors (Lipinski definition) is 0. The molecule has 1 aliphatic rings. The molecule has 1 aliphatic carbocycles. The Bertz CT molecular complexity index is 386. The molecule has 2 atom stereocenters. The van der Waals surface area contributed by atoms with E-state index in [2.05, 4.69) is 19.9 Å². The van der Waals surface area contributed by atoms with Gasteiger partial charge in [-0.05, 0) is 23.1 Å². The molecule has 0 N–H and O–H groups in total. The molecule has 2 rings (SSSR count). The summed E-state index contributed by atoms with van der Waals surface area (Å²) >= 11 is 5.81. The zero-order valence-electron chi connectivity index (χ0n) is 8.29. The molecule has 14 heavy (non-hydrogen) atoms. The van der Waals surface area contributed by atoms with Crippen LogP contribution in [0.2, 0.25) is 5.02 Å². The molecular formula is C12H12ClN. The highest BCUT2D eigenvalue weighted by atomic mass is 35.5. The molecule has 0 spiro atoms. The van der Waals surface area contributed by atoms with E-state index in [1.165, 1.54) is 5.56 Å². The molecule has 0 amide bonds. The van der Waals surface area contributed by atoms with E-state index >= 15 is 0 Å². The quantitative estimate of drug-likeness (QED) is 0.687. The van der Waals surface area contributed by atoms with Crippen LogP contribution in [0.1, 0.15) is 25.3 Å². The van der Waals surface area contributed by atoms with Gasteiger partial charge >= 0.3 is 0 Å². The highest BCUT2D eigenvalue weighted by Gasteiger charge is 2.58. The SMILES string of the molecule is CC1(C)[C@H](C#N)[C@H]1c1ccc(Cl)cc1. The predicted molar refractivity (Wildman–Crippen MR) is 57.1 cm³/mol. The molecule has 0 aliphatic heterocycles. The van der Waals surface area contributed by atoms with Crippen LogP contribution in [0.5, 0.6) is 0 Å². The maximum Gasteiger partial charge on any atom is 0.0668 e. The molecule has 0 radical (unpaired) electrons. The van der Waals surface area contributed by atoms with Crippen molar-refractivity contribution in [1.82, 2.24) is 0 Å². The average molecular weight is 206 g/mol. The van der Waals surface area contributed by atoms with Gasteiger partial charge in [0.15, 0.2) is 0 Å². The van der Waals surface area contributed by atoms with Crippen LogP contribution in [0.25, 0.3) is 0 Å². The van der Waals surface area contributed by atoms with Crippen molar-refractivity contribution in [3.05, 3.63) is 34.9 Å². The lowest BCUT2D eigenvalue weighted by atomic mass is 10.0. The molecule has 0 aromatic heterocycles. The van der Waals surface area contributed by atoms with Crippen molar-refractivity contribution in [3.63, 3.8) is 0 Å². The standard InChI is InChI=1S/C12H12ClN/c1-12(2)10(7-14)11(12)8-3-5-9(13)6-4-8/h3-6,10-11H,1-2H3/t10-,11-/m1/s1. The Morgan fingerprint density at radius 3 is 2.29 bits per heavy atom. The Morgan fingerprint density at radius 2 is 1.86 bits per heavy atom.